The molecule has 2 amide bonds. The number of rotatable bonds is 8. The maximum absolute atomic E-state index is 12.6. The molecule has 1 aromatic rings. The Balaban J connectivity index is 1.82. The van der Waals surface area contributed by atoms with Crippen molar-refractivity contribution in [1.82, 2.24) is 10.2 Å². The van der Waals surface area contributed by atoms with Crippen LogP contribution in [0, 0.1) is 6.92 Å². The highest BCUT2D eigenvalue weighted by atomic mass is 16.5. The van der Waals surface area contributed by atoms with Crippen LogP contribution in [-0.2, 0) is 16.1 Å². The molecule has 0 aromatic heterocycles. The maximum atomic E-state index is 12.6. The zero-order valence-corrected chi connectivity index (χ0v) is 20.2. The summed E-state index contributed by atoms with van der Waals surface area (Å²) in [5, 5.41) is 2.90. The molecule has 0 atom stereocenters. The summed E-state index contributed by atoms with van der Waals surface area (Å²) in [7, 11) is 5.01. The lowest BCUT2D eigenvalue weighted by Crippen LogP contribution is -3.28. The minimum absolute atomic E-state index is 0.0123. The number of nitrogens with zero attached hydrogens (tertiary/aromatic N) is 1. The molecule has 0 bridgehead atoms. The number of likely N-dealkylation sites (N-methyl/N-ethyl adjacent to an activating group) is 1. The number of methoxy groups -OCH3 is 2. The molecule has 0 aliphatic carbocycles. The Bertz CT molecular complexity index is 768. The number of hydrogen-bond donors (Lipinski definition) is 3. The molecule has 1 heterocycles. The van der Waals surface area contributed by atoms with E-state index in [1.807, 2.05) is 26.8 Å². The van der Waals surface area contributed by atoms with Crippen LogP contribution in [0.3, 0.4) is 0 Å². The number of carbonyl (C=O) groups excluding carboxylic acids is 2. The van der Waals surface area contributed by atoms with E-state index < -0.39 is 0 Å². The quantitative estimate of drug-likeness (QED) is 0.472. The van der Waals surface area contributed by atoms with Gasteiger partial charge in [0.25, 0.3) is 5.91 Å². The Morgan fingerprint density at radius 2 is 1.58 bits per heavy atom. The van der Waals surface area contributed by atoms with Crippen molar-refractivity contribution in [3.05, 3.63) is 23.3 Å². The predicted octanol–water partition coefficient (Wildman–Crippen LogP) is -1.33. The molecular formula is C23H40N4O4+2. The van der Waals surface area contributed by atoms with Gasteiger partial charge >= 0.3 is 0 Å². The third kappa shape index (κ3) is 7.70. The van der Waals surface area contributed by atoms with E-state index in [-0.39, 0.29) is 23.9 Å². The minimum Gasteiger partial charge on any atom is -0.493 e. The lowest BCUT2D eigenvalue weighted by molar-refractivity contribution is -1.02. The summed E-state index contributed by atoms with van der Waals surface area (Å²) in [4.78, 5) is 28.9. The van der Waals surface area contributed by atoms with Gasteiger partial charge in [-0.3, -0.25) is 9.59 Å². The van der Waals surface area contributed by atoms with Crippen molar-refractivity contribution in [2.45, 2.75) is 39.8 Å². The number of carbonyl (C=O) groups is 2. The standard InChI is InChI=1S/C23H38N4O4/c1-17-12-19(30-6)20(31-7)13-18(17)14-26-8-10-27(11-9-26)16-22(29)25(5)15-21(28)24-23(2,3)4/h12-13H,8-11,14-16H2,1-7H3,(H,24,28)/p+2. The van der Waals surface area contributed by atoms with Crippen LogP contribution in [0.4, 0.5) is 0 Å². The van der Waals surface area contributed by atoms with Crippen LogP contribution in [0.25, 0.3) is 0 Å². The van der Waals surface area contributed by atoms with Crippen molar-refractivity contribution in [2.75, 3.05) is 60.5 Å². The number of amides is 2. The van der Waals surface area contributed by atoms with Gasteiger partial charge in [-0.1, -0.05) is 0 Å². The molecule has 0 spiro atoms. The smallest absolute Gasteiger partial charge is 0.277 e. The van der Waals surface area contributed by atoms with Gasteiger partial charge in [-0.25, -0.2) is 0 Å². The normalized spacial score (nSPS) is 18.9. The first kappa shape index (κ1) is 24.9. The summed E-state index contributed by atoms with van der Waals surface area (Å²) in [6.07, 6.45) is 0. The van der Waals surface area contributed by atoms with E-state index in [1.165, 1.54) is 25.8 Å². The Morgan fingerprint density at radius 1 is 1.03 bits per heavy atom. The molecule has 1 fully saturated rings. The first-order chi connectivity index (χ1) is 14.5. The van der Waals surface area contributed by atoms with E-state index in [4.69, 9.17) is 9.47 Å². The average Bonchev–Trinajstić information content (AvgIpc) is 2.68. The number of hydrogen-bond acceptors (Lipinski definition) is 4. The van der Waals surface area contributed by atoms with Gasteiger partial charge in [0.1, 0.15) is 32.7 Å². The number of ether oxygens (including phenoxy) is 2. The Hall–Kier alpha value is -2.32. The topological polar surface area (TPSA) is 76.8 Å². The molecule has 1 aromatic carbocycles. The average molecular weight is 437 g/mol. The highest BCUT2D eigenvalue weighted by Crippen LogP contribution is 2.29. The van der Waals surface area contributed by atoms with E-state index in [0.29, 0.717) is 6.54 Å². The molecule has 2 rings (SSSR count). The molecule has 0 saturated carbocycles. The molecule has 1 aliphatic rings. The van der Waals surface area contributed by atoms with Gasteiger partial charge in [-0.05, 0) is 45.4 Å². The van der Waals surface area contributed by atoms with Crippen molar-refractivity contribution in [2.24, 2.45) is 0 Å². The molecule has 3 N–H and O–H groups in total. The molecular weight excluding hydrogens is 396 g/mol. The summed E-state index contributed by atoms with van der Waals surface area (Å²) < 4.78 is 10.8. The molecule has 0 radical (unpaired) electrons. The van der Waals surface area contributed by atoms with Gasteiger partial charge in [0.15, 0.2) is 18.0 Å². The van der Waals surface area contributed by atoms with E-state index in [9.17, 15) is 9.59 Å². The third-order valence-corrected chi connectivity index (χ3v) is 5.67. The SMILES string of the molecule is COc1cc(C)c(C[NH+]2CC[NH+](CC(=O)N(C)CC(=O)NC(C)(C)C)CC2)cc1OC. The van der Waals surface area contributed by atoms with Gasteiger partial charge in [-0.2, -0.15) is 0 Å². The molecule has 1 aliphatic heterocycles. The zero-order chi connectivity index (χ0) is 23.2. The summed E-state index contributed by atoms with van der Waals surface area (Å²) in [5.41, 5.74) is 2.17. The zero-order valence-electron chi connectivity index (χ0n) is 20.2. The lowest BCUT2D eigenvalue weighted by atomic mass is 10.1. The van der Waals surface area contributed by atoms with Gasteiger partial charge in [0, 0.05) is 18.2 Å². The van der Waals surface area contributed by atoms with E-state index in [2.05, 4.69) is 18.3 Å². The minimum atomic E-state index is -0.294. The number of quaternary nitrogens is 2. The largest absolute Gasteiger partial charge is 0.493 e. The van der Waals surface area contributed by atoms with E-state index in [0.717, 1.165) is 44.2 Å². The number of nitrogens with one attached hydrogen (secondary N) is 3. The van der Waals surface area contributed by atoms with Gasteiger partial charge in [0.2, 0.25) is 5.91 Å². The van der Waals surface area contributed by atoms with Crippen molar-refractivity contribution >= 4 is 11.8 Å². The van der Waals surface area contributed by atoms with E-state index in [1.54, 1.807) is 21.3 Å². The van der Waals surface area contributed by atoms with Crippen LogP contribution < -0.4 is 24.6 Å². The maximum Gasteiger partial charge on any atom is 0.277 e. The molecule has 8 heteroatoms. The van der Waals surface area contributed by atoms with Crippen LogP contribution >= 0.6 is 0 Å². The Kier molecular flexibility index (Phi) is 8.70. The molecule has 174 valence electrons. The monoisotopic (exact) mass is 436 g/mol. The van der Waals surface area contributed by atoms with Gasteiger partial charge in [0.05, 0.1) is 20.8 Å². The Labute approximate surface area is 186 Å². The Morgan fingerprint density at radius 3 is 2.13 bits per heavy atom. The van der Waals surface area contributed by atoms with Crippen LogP contribution in [0.1, 0.15) is 31.9 Å². The summed E-state index contributed by atoms with van der Waals surface area (Å²) in [6.45, 7) is 13.2. The van der Waals surface area contributed by atoms with Crippen molar-refractivity contribution in [1.29, 1.82) is 0 Å². The summed E-state index contributed by atoms with van der Waals surface area (Å²) in [5.74, 6) is 1.40. The molecule has 0 unspecified atom stereocenters. The number of piperazine rings is 1. The second kappa shape index (κ2) is 10.8. The third-order valence-electron chi connectivity index (χ3n) is 5.67. The number of benzene rings is 1. The second-order valence-corrected chi connectivity index (χ2v) is 9.54. The lowest BCUT2D eigenvalue weighted by Gasteiger charge is -2.31. The fraction of sp³-hybridized carbons (Fsp3) is 0.652. The van der Waals surface area contributed by atoms with Crippen LogP contribution in [0.5, 0.6) is 11.5 Å². The summed E-state index contributed by atoms with van der Waals surface area (Å²) in [6, 6.07) is 4.10. The second-order valence-electron chi connectivity index (χ2n) is 9.54. The van der Waals surface area contributed by atoms with Crippen LogP contribution in [-0.4, -0.2) is 82.8 Å². The van der Waals surface area contributed by atoms with Crippen molar-refractivity contribution in [3.63, 3.8) is 0 Å². The molecule has 1 saturated heterocycles. The van der Waals surface area contributed by atoms with Crippen molar-refractivity contribution < 1.29 is 28.9 Å². The summed E-state index contributed by atoms with van der Waals surface area (Å²) >= 11 is 0. The molecule has 31 heavy (non-hydrogen) atoms. The predicted molar refractivity (Wildman–Crippen MR) is 120 cm³/mol. The fourth-order valence-electron chi connectivity index (χ4n) is 3.90. The van der Waals surface area contributed by atoms with Gasteiger partial charge in [-0.15, -0.1) is 0 Å². The van der Waals surface area contributed by atoms with Crippen LogP contribution in [0.2, 0.25) is 0 Å². The van der Waals surface area contributed by atoms with Gasteiger partial charge < -0.3 is 29.5 Å². The highest BCUT2D eigenvalue weighted by molar-refractivity contribution is 5.85. The fourth-order valence-corrected chi connectivity index (χ4v) is 3.90. The van der Waals surface area contributed by atoms with Crippen LogP contribution in [0.15, 0.2) is 12.1 Å². The number of aryl methyl sites for hydroxylation is 1. The van der Waals surface area contributed by atoms with E-state index >= 15 is 0 Å². The first-order valence-electron chi connectivity index (χ1n) is 11.0. The first-order valence-corrected chi connectivity index (χ1v) is 11.0. The highest BCUT2D eigenvalue weighted by Gasteiger charge is 2.27. The molecule has 8 nitrogen and oxygen atoms in total. The van der Waals surface area contributed by atoms with Crippen molar-refractivity contribution in [3.8, 4) is 11.5 Å².